The van der Waals surface area contributed by atoms with Crippen molar-refractivity contribution in [3.63, 3.8) is 0 Å². The molecule has 0 aliphatic heterocycles. The van der Waals surface area contributed by atoms with Crippen molar-refractivity contribution in [2.24, 2.45) is 0 Å². The summed E-state index contributed by atoms with van der Waals surface area (Å²) in [5.74, 6) is 0.597. The molecule has 2 aromatic rings. The van der Waals surface area contributed by atoms with E-state index >= 15 is 0 Å². The highest BCUT2D eigenvalue weighted by Gasteiger charge is 2.06. The highest BCUT2D eigenvalue weighted by molar-refractivity contribution is 9.10. The molecule has 0 aliphatic carbocycles. The van der Waals surface area contributed by atoms with Gasteiger partial charge in [-0.05, 0) is 24.6 Å². The largest absolute Gasteiger partial charge is 0.369 e. The molecule has 14 heavy (non-hydrogen) atoms. The van der Waals surface area contributed by atoms with E-state index in [1.165, 1.54) is 0 Å². The zero-order valence-electron chi connectivity index (χ0n) is 8.00. The maximum absolute atomic E-state index is 5.83. The fourth-order valence-electron chi connectivity index (χ4n) is 1.57. The van der Waals surface area contributed by atoms with Gasteiger partial charge in [0.15, 0.2) is 0 Å². The number of nitrogens with zero attached hydrogens (tertiary/aromatic N) is 2. The standard InChI is InChI=1S/C10H12BrN3/c1-2-5-14-9-6-7(11)3-4-8(9)13-10(14)12/h3-4,6H,2,5H2,1H3,(H2,12,13). The van der Waals surface area contributed by atoms with Crippen molar-refractivity contribution >= 4 is 32.9 Å². The Morgan fingerprint density at radius 1 is 1.50 bits per heavy atom. The average molecular weight is 254 g/mol. The first-order valence-corrected chi connectivity index (χ1v) is 5.43. The summed E-state index contributed by atoms with van der Waals surface area (Å²) in [7, 11) is 0. The Labute approximate surface area is 91.1 Å². The molecule has 2 rings (SSSR count). The third-order valence-electron chi connectivity index (χ3n) is 2.19. The summed E-state index contributed by atoms with van der Waals surface area (Å²) in [5.41, 5.74) is 7.88. The lowest BCUT2D eigenvalue weighted by molar-refractivity contribution is 0.706. The van der Waals surface area contributed by atoms with E-state index in [1.54, 1.807) is 0 Å². The molecular weight excluding hydrogens is 242 g/mol. The fraction of sp³-hybridized carbons (Fsp3) is 0.300. The van der Waals surface area contributed by atoms with Crippen LogP contribution < -0.4 is 5.73 Å². The van der Waals surface area contributed by atoms with Crippen LogP contribution in [0.1, 0.15) is 13.3 Å². The topological polar surface area (TPSA) is 43.8 Å². The predicted molar refractivity (Wildman–Crippen MR) is 62.1 cm³/mol. The van der Waals surface area contributed by atoms with Gasteiger partial charge in [0, 0.05) is 11.0 Å². The van der Waals surface area contributed by atoms with E-state index in [0.29, 0.717) is 5.95 Å². The Morgan fingerprint density at radius 3 is 3.00 bits per heavy atom. The minimum Gasteiger partial charge on any atom is -0.369 e. The van der Waals surface area contributed by atoms with Gasteiger partial charge in [-0.25, -0.2) is 4.98 Å². The molecule has 0 saturated carbocycles. The van der Waals surface area contributed by atoms with E-state index in [0.717, 1.165) is 28.5 Å². The van der Waals surface area contributed by atoms with Crippen molar-refractivity contribution in [2.75, 3.05) is 5.73 Å². The summed E-state index contributed by atoms with van der Waals surface area (Å²) in [5, 5.41) is 0. The summed E-state index contributed by atoms with van der Waals surface area (Å²) < 4.78 is 3.10. The van der Waals surface area contributed by atoms with Gasteiger partial charge in [0.05, 0.1) is 11.0 Å². The van der Waals surface area contributed by atoms with Crippen molar-refractivity contribution in [3.05, 3.63) is 22.7 Å². The second-order valence-electron chi connectivity index (χ2n) is 3.25. The lowest BCUT2D eigenvalue weighted by Gasteiger charge is -2.03. The number of imidazole rings is 1. The Hall–Kier alpha value is -1.03. The van der Waals surface area contributed by atoms with Crippen LogP contribution in [0.25, 0.3) is 11.0 Å². The molecular formula is C10H12BrN3. The molecule has 3 nitrogen and oxygen atoms in total. The SMILES string of the molecule is CCCn1c(N)nc2ccc(Br)cc21. The number of hydrogen-bond acceptors (Lipinski definition) is 2. The lowest BCUT2D eigenvalue weighted by Crippen LogP contribution is -2.02. The maximum Gasteiger partial charge on any atom is 0.201 e. The van der Waals surface area contributed by atoms with Crippen LogP contribution in [-0.2, 0) is 6.54 Å². The van der Waals surface area contributed by atoms with Crippen molar-refractivity contribution in [3.8, 4) is 0 Å². The van der Waals surface area contributed by atoms with Gasteiger partial charge in [-0.15, -0.1) is 0 Å². The monoisotopic (exact) mass is 253 g/mol. The molecule has 74 valence electrons. The van der Waals surface area contributed by atoms with Gasteiger partial charge in [0.2, 0.25) is 5.95 Å². The summed E-state index contributed by atoms with van der Waals surface area (Å²) in [6.45, 7) is 3.04. The zero-order chi connectivity index (χ0) is 10.1. The first-order valence-electron chi connectivity index (χ1n) is 4.63. The number of anilines is 1. The van der Waals surface area contributed by atoms with E-state index in [2.05, 4.69) is 27.8 Å². The van der Waals surface area contributed by atoms with Gasteiger partial charge in [-0.3, -0.25) is 0 Å². The van der Waals surface area contributed by atoms with E-state index in [-0.39, 0.29) is 0 Å². The number of halogens is 1. The molecule has 0 aliphatic rings. The van der Waals surface area contributed by atoms with Crippen LogP contribution in [0.2, 0.25) is 0 Å². The molecule has 0 fully saturated rings. The lowest BCUT2D eigenvalue weighted by atomic mass is 10.3. The van der Waals surface area contributed by atoms with Crippen molar-refractivity contribution in [2.45, 2.75) is 19.9 Å². The van der Waals surface area contributed by atoms with Crippen LogP contribution in [0.15, 0.2) is 22.7 Å². The van der Waals surface area contributed by atoms with Crippen LogP contribution in [0.4, 0.5) is 5.95 Å². The quantitative estimate of drug-likeness (QED) is 0.895. The van der Waals surface area contributed by atoms with Crippen LogP contribution in [-0.4, -0.2) is 9.55 Å². The molecule has 0 spiro atoms. The van der Waals surface area contributed by atoms with E-state index in [1.807, 2.05) is 22.8 Å². The van der Waals surface area contributed by atoms with Crippen LogP contribution >= 0.6 is 15.9 Å². The van der Waals surface area contributed by atoms with Crippen LogP contribution in [0.5, 0.6) is 0 Å². The molecule has 0 unspecified atom stereocenters. The number of benzene rings is 1. The molecule has 0 saturated heterocycles. The van der Waals surface area contributed by atoms with Crippen molar-refractivity contribution in [1.82, 2.24) is 9.55 Å². The molecule has 2 N–H and O–H groups in total. The summed E-state index contributed by atoms with van der Waals surface area (Å²) >= 11 is 3.45. The number of fused-ring (bicyclic) bond motifs is 1. The third-order valence-corrected chi connectivity index (χ3v) is 2.68. The van der Waals surface area contributed by atoms with Gasteiger partial charge in [0.1, 0.15) is 0 Å². The third kappa shape index (κ3) is 1.50. The zero-order valence-corrected chi connectivity index (χ0v) is 9.58. The van der Waals surface area contributed by atoms with Crippen molar-refractivity contribution in [1.29, 1.82) is 0 Å². The van der Waals surface area contributed by atoms with E-state index in [9.17, 15) is 0 Å². The fourth-order valence-corrected chi connectivity index (χ4v) is 1.92. The number of nitrogen functional groups attached to an aromatic ring is 1. The van der Waals surface area contributed by atoms with Crippen molar-refractivity contribution < 1.29 is 0 Å². The summed E-state index contributed by atoms with van der Waals surface area (Å²) in [6, 6.07) is 6.00. The molecule has 0 amide bonds. The van der Waals surface area contributed by atoms with Crippen LogP contribution in [0, 0.1) is 0 Å². The highest BCUT2D eigenvalue weighted by Crippen LogP contribution is 2.22. The van der Waals surface area contributed by atoms with Gasteiger partial charge >= 0.3 is 0 Å². The Bertz CT molecular complexity index is 462. The molecule has 0 bridgehead atoms. The average Bonchev–Trinajstić information content (AvgIpc) is 2.45. The molecule has 1 aromatic heterocycles. The minimum atomic E-state index is 0.597. The number of aryl methyl sites for hydroxylation is 1. The second kappa shape index (κ2) is 3.61. The normalized spacial score (nSPS) is 11.0. The predicted octanol–water partition coefficient (Wildman–Crippen LogP) is 2.79. The maximum atomic E-state index is 5.83. The first-order chi connectivity index (χ1) is 6.72. The number of hydrogen-bond donors (Lipinski definition) is 1. The highest BCUT2D eigenvalue weighted by atomic mass is 79.9. The molecule has 0 atom stereocenters. The second-order valence-corrected chi connectivity index (χ2v) is 4.17. The Kier molecular flexibility index (Phi) is 2.46. The number of rotatable bonds is 2. The number of aromatic nitrogens is 2. The molecule has 0 radical (unpaired) electrons. The van der Waals surface area contributed by atoms with Gasteiger partial charge < -0.3 is 10.3 Å². The van der Waals surface area contributed by atoms with Gasteiger partial charge in [-0.1, -0.05) is 22.9 Å². The van der Waals surface area contributed by atoms with Gasteiger partial charge in [0.25, 0.3) is 0 Å². The van der Waals surface area contributed by atoms with Crippen LogP contribution in [0.3, 0.4) is 0 Å². The minimum absolute atomic E-state index is 0.597. The van der Waals surface area contributed by atoms with E-state index < -0.39 is 0 Å². The first kappa shape index (κ1) is 9.52. The number of nitrogens with two attached hydrogens (primary N) is 1. The summed E-state index contributed by atoms with van der Waals surface area (Å²) in [4.78, 5) is 4.29. The molecule has 4 heteroatoms. The van der Waals surface area contributed by atoms with Gasteiger partial charge in [-0.2, -0.15) is 0 Å². The Balaban J connectivity index is 2.66. The molecule has 1 heterocycles. The smallest absolute Gasteiger partial charge is 0.201 e. The summed E-state index contributed by atoms with van der Waals surface area (Å²) in [6.07, 6.45) is 1.06. The van der Waals surface area contributed by atoms with E-state index in [4.69, 9.17) is 5.73 Å². The Morgan fingerprint density at radius 2 is 2.29 bits per heavy atom. The molecule has 1 aromatic carbocycles.